The van der Waals surface area contributed by atoms with Crippen molar-refractivity contribution in [3.05, 3.63) is 93.3 Å². The smallest absolute Gasteiger partial charge is 0.252 e. The molecule has 0 amide bonds. The Labute approximate surface area is 212 Å². The van der Waals surface area contributed by atoms with Gasteiger partial charge in [0.05, 0.1) is 34.2 Å². The van der Waals surface area contributed by atoms with E-state index in [2.05, 4.69) is 30.5 Å². The molecule has 7 rings (SSSR count). The second-order valence-electron chi connectivity index (χ2n) is 9.31. The molecule has 1 saturated carbocycles. The molecule has 2 aliphatic rings. The summed E-state index contributed by atoms with van der Waals surface area (Å²) in [5.41, 5.74) is 2.76. The molecule has 3 atom stereocenters. The summed E-state index contributed by atoms with van der Waals surface area (Å²) in [6, 6.07) is 9.28. The number of fused-ring (bicyclic) bond motifs is 3. The summed E-state index contributed by atoms with van der Waals surface area (Å²) < 4.78 is 32.8. The summed E-state index contributed by atoms with van der Waals surface area (Å²) in [4.78, 5) is 25.0. The number of nitrogens with one attached hydrogen (secondary N) is 1. The number of nitrogens with zero attached hydrogens (tertiary/aromatic N) is 7. The van der Waals surface area contributed by atoms with Crippen molar-refractivity contribution in [3.63, 3.8) is 0 Å². The van der Waals surface area contributed by atoms with Crippen LogP contribution in [0.3, 0.4) is 0 Å². The van der Waals surface area contributed by atoms with E-state index in [0.29, 0.717) is 34.0 Å². The lowest BCUT2D eigenvalue weighted by molar-refractivity contribution is 0.514. The molecule has 3 unspecified atom stereocenters. The van der Waals surface area contributed by atoms with Crippen LogP contribution in [0.5, 0.6) is 0 Å². The molecule has 1 aliphatic heterocycles. The van der Waals surface area contributed by atoms with Crippen molar-refractivity contribution in [2.45, 2.75) is 25.3 Å². The summed E-state index contributed by atoms with van der Waals surface area (Å²) in [5.74, 6) is -0.395. The first-order valence-corrected chi connectivity index (χ1v) is 11.9. The van der Waals surface area contributed by atoms with E-state index in [-0.39, 0.29) is 34.0 Å². The number of H-pyrrole nitrogens is 1. The maximum atomic E-state index is 15.3. The Morgan fingerprint density at radius 1 is 1.16 bits per heavy atom. The van der Waals surface area contributed by atoms with E-state index in [1.165, 1.54) is 23.1 Å². The van der Waals surface area contributed by atoms with Gasteiger partial charge in [-0.05, 0) is 65.6 Å². The van der Waals surface area contributed by atoms with Crippen LogP contribution in [-0.2, 0) is 0 Å². The summed E-state index contributed by atoms with van der Waals surface area (Å²) >= 11 is 6.10. The van der Waals surface area contributed by atoms with Gasteiger partial charge in [-0.1, -0.05) is 11.6 Å². The van der Waals surface area contributed by atoms with Gasteiger partial charge in [-0.2, -0.15) is 9.07 Å². The lowest BCUT2D eigenvalue weighted by Gasteiger charge is -2.18. The Balaban J connectivity index is 1.33. The third-order valence-electron chi connectivity index (χ3n) is 7.11. The third kappa shape index (κ3) is 3.34. The van der Waals surface area contributed by atoms with Crippen LogP contribution in [0.4, 0.5) is 8.78 Å². The number of aromatic nitrogens is 8. The van der Waals surface area contributed by atoms with Gasteiger partial charge in [0.1, 0.15) is 12.2 Å². The Hall–Kier alpha value is -4.25. The molecular weight excluding hydrogens is 502 g/mol. The van der Waals surface area contributed by atoms with Crippen LogP contribution >= 0.6 is 11.6 Å². The average molecular weight is 519 g/mol. The van der Waals surface area contributed by atoms with Crippen LogP contribution < -0.4 is 5.56 Å². The molecule has 9 nitrogen and oxygen atoms in total. The topological polar surface area (TPSA) is 107 Å². The molecule has 37 heavy (non-hydrogen) atoms. The second kappa shape index (κ2) is 7.87. The van der Waals surface area contributed by atoms with Crippen LogP contribution in [0.15, 0.2) is 53.7 Å². The predicted molar refractivity (Wildman–Crippen MR) is 129 cm³/mol. The number of halogens is 3. The van der Waals surface area contributed by atoms with Crippen molar-refractivity contribution in [3.8, 4) is 28.1 Å². The highest BCUT2D eigenvalue weighted by Gasteiger charge is 2.54. The lowest BCUT2D eigenvalue weighted by Crippen LogP contribution is -2.26. The van der Waals surface area contributed by atoms with E-state index in [1.54, 1.807) is 35.9 Å². The molecular formula is C25H17ClF2N8O. The quantitative estimate of drug-likeness (QED) is 0.357. The van der Waals surface area contributed by atoms with E-state index >= 15 is 4.39 Å². The molecule has 0 bridgehead atoms. The van der Waals surface area contributed by atoms with Gasteiger partial charge in [-0.25, -0.2) is 14.4 Å². The van der Waals surface area contributed by atoms with Gasteiger partial charge in [-0.3, -0.25) is 4.79 Å². The average Bonchev–Trinajstić information content (AvgIpc) is 3.21. The Morgan fingerprint density at radius 3 is 2.81 bits per heavy atom. The molecule has 0 spiro atoms. The molecule has 12 heteroatoms. The van der Waals surface area contributed by atoms with E-state index in [0.717, 1.165) is 12.1 Å². The first-order chi connectivity index (χ1) is 17.9. The summed E-state index contributed by atoms with van der Waals surface area (Å²) in [6.45, 7) is 1.72. The summed E-state index contributed by atoms with van der Waals surface area (Å²) in [7, 11) is 0. The van der Waals surface area contributed by atoms with Gasteiger partial charge < -0.3 is 9.55 Å². The molecule has 1 aromatic carbocycles. The minimum atomic E-state index is -0.662. The first kappa shape index (κ1) is 22.0. The maximum Gasteiger partial charge on any atom is 0.252 e. The largest absolute Gasteiger partial charge is 0.340 e. The molecule has 0 saturated heterocycles. The van der Waals surface area contributed by atoms with Crippen molar-refractivity contribution in [1.82, 2.24) is 39.7 Å². The fourth-order valence-electron chi connectivity index (χ4n) is 5.38. The molecule has 5 aromatic rings. The number of hydrogen-bond donors (Lipinski definition) is 1. The normalized spacial score (nSPS) is 19.6. The van der Waals surface area contributed by atoms with Crippen LogP contribution in [0.25, 0.3) is 28.1 Å². The van der Waals surface area contributed by atoms with Crippen molar-refractivity contribution >= 4 is 11.6 Å². The second-order valence-corrected chi connectivity index (χ2v) is 9.72. The van der Waals surface area contributed by atoms with Crippen LogP contribution in [0, 0.1) is 24.6 Å². The maximum absolute atomic E-state index is 15.3. The van der Waals surface area contributed by atoms with E-state index in [9.17, 15) is 9.18 Å². The van der Waals surface area contributed by atoms with E-state index in [4.69, 9.17) is 11.6 Å². The van der Waals surface area contributed by atoms with E-state index in [1.807, 2.05) is 6.07 Å². The Morgan fingerprint density at radius 2 is 2.03 bits per heavy atom. The minimum Gasteiger partial charge on any atom is -0.340 e. The third-order valence-corrected chi connectivity index (χ3v) is 7.40. The predicted octanol–water partition coefficient (Wildman–Crippen LogP) is 4.22. The summed E-state index contributed by atoms with van der Waals surface area (Å²) in [6.07, 6.45) is 3.77. The zero-order valence-electron chi connectivity index (χ0n) is 19.2. The molecule has 0 radical (unpaired) electrons. The van der Waals surface area contributed by atoms with Gasteiger partial charge in [0.25, 0.3) is 5.56 Å². The number of rotatable bonds is 4. The SMILES string of the molecule is Cc1ccc(-c2cnc(C3C4CC4c4cc(-c5c(-n6cnnn6)ccc(Cl)c5F)cc(=O)n43)[nH]2)c(F)n1. The van der Waals surface area contributed by atoms with Crippen molar-refractivity contribution < 1.29 is 8.78 Å². The molecule has 5 heterocycles. The molecule has 1 fully saturated rings. The highest BCUT2D eigenvalue weighted by Crippen LogP contribution is 2.60. The zero-order chi connectivity index (χ0) is 25.4. The van der Waals surface area contributed by atoms with Crippen molar-refractivity contribution in [2.75, 3.05) is 0 Å². The fraction of sp³-hybridized carbons (Fsp3) is 0.200. The molecule has 1 aliphatic carbocycles. The van der Waals surface area contributed by atoms with Gasteiger partial charge in [-0.15, -0.1) is 5.10 Å². The number of tetrazole rings is 1. The minimum absolute atomic E-state index is 0.0736. The first-order valence-electron chi connectivity index (χ1n) is 11.6. The molecule has 184 valence electrons. The van der Waals surface area contributed by atoms with Gasteiger partial charge in [0, 0.05) is 28.9 Å². The molecule has 1 N–H and O–H groups in total. The van der Waals surface area contributed by atoms with Crippen LogP contribution in [-0.4, -0.2) is 39.7 Å². The zero-order valence-corrected chi connectivity index (χ0v) is 20.0. The Bertz CT molecular complexity index is 1760. The van der Waals surface area contributed by atoms with Gasteiger partial charge in [0.15, 0.2) is 5.82 Å². The highest BCUT2D eigenvalue weighted by molar-refractivity contribution is 6.31. The summed E-state index contributed by atoms with van der Waals surface area (Å²) in [5, 5.41) is 11.1. The van der Waals surface area contributed by atoms with Gasteiger partial charge >= 0.3 is 0 Å². The van der Waals surface area contributed by atoms with Crippen molar-refractivity contribution in [2.24, 2.45) is 5.92 Å². The van der Waals surface area contributed by atoms with Crippen LogP contribution in [0.1, 0.15) is 35.6 Å². The van der Waals surface area contributed by atoms with Crippen molar-refractivity contribution in [1.29, 1.82) is 0 Å². The monoisotopic (exact) mass is 518 g/mol. The molecule has 4 aromatic heterocycles. The number of pyridine rings is 2. The van der Waals surface area contributed by atoms with Crippen LogP contribution in [0.2, 0.25) is 5.02 Å². The highest BCUT2D eigenvalue weighted by atomic mass is 35.5. The number of benzene rings is 1. The standard InChI is InChI=1S/C25H17ClF2N8O/c1-11-2-3-13(24(28)31-11)17-9-29-25(32-17)23-15-8-14(15)19-6-12(7-20(37)36(19)23)21-18(35-10-30-33-34-35)5-4-16(26)22(21)27/h2-7,9-10,14-15,23H,8H2,1H3,(H,29,32). The number of aryl methyl sites for hydroxylation is 1. The van der Waals surface area contributed by atoms with Gasteiger partial charge in [0.2, 0.25) is 5.95 Å². The Kier molecular flexibility index (Phi) is 4.68. The van der Waals surface area contributed by atoms with E-state index < -0.39 is 11.8 Å². The number of hydrogen-bond acceptors (Lipinski definition) is 6. The fourth-order valence-corrected chi connectivity index (χ4v) is 5.53. The number of aromatic amines is 1. The number of imidazole rings is 1. The lowest BCUT2D eigenvalue weighted by atomic mass is 10.0.